The van der Waals surface area contributed by atoms with Crippen LogP contribution < -0.4 is 0 Å². The van der Waals surface area contributed by atoms with Gasteiger partial charge in [0.05, 0.1) is 18.8 Å². The molecule has 106 valence electrons. The molecule has 2 heterocycles. The molecule has 0 saturated carbocycles. The quantitative estimate of drug-likeness (QED) is 0.796. The number of nitrogens with zero attached hydrogens (tertiary/aromatic N) is 2. The van der Waals surface area contributed by atoms with E-state index >= 15 is 0 Å². The molecule has 1 aliphatic rings. The highest BCUT2D eigenvalue weighted by Gasteiger charge is 2.40. The third kappa shape index (κ3) is 2.91. The van der Waals surface area contributed by atoms with E-state index in [1.165, 1.54) is 16.6 Å². The van der Waals surface area contributed by atoms with Crippen molar-refractivity contribution < 1.29 is 13.2 Å². The third-order valence-corrected chi connectivity index (χ3v) is 5.41. The maximum absolute atomic E-state index is 12.6. The van der Waals surface area contributed by atoms with Gasteiger partial charge < -0.3 is 4.74 Å². The molecular weight excluding hydrogens is 288 g/mol. The Labute approximate surface area is 118 Å². The van der Waals surface area contributed by atoms with E-state index in [0.717, 1.165) is 5.56 Å². The maximum Gasteiger partial charge on any atom is 0.261 e. The van der Waals surface area contributed by atoms with Crippen molar-refractivity contribution in [1.82, 2.24) is 9.29 Å². The summed E-state index contributed by atoms with van der Waals surface area (Å²) in [5.41, 5.74) is 0.228. The highest BCUT2D eigenvalue weighted by atomic mass is 35.5. The Morgan fingerprint density at radius 1 is 1.47 bits per heavy atom. The number of ether oxygens (including phenoxy) is 1. The number of halogens is 1. The second kappa shape index (κ2) is 5.36. The summed E-state index contributed by atoms with van der Waals surface area (Å²) in [6, 6.07) is 3.18. The van der Waals surface area contributed by atoms with Crippen LogP contribution in [0.4, 0.5) is 0 Å². The molecule has 1 aromatic heterocycles. The molecule has 0 N–H and O–H groups in total. The summed E-state index contributed by atoms with van der Waals surface area (Å²) in [5.74, 6) is 0.316. The van der Waals surface area contributed by atoms with Gasteiger partial charge in [-0.15, -0.1) is 11.6 Å². The van der Waals surface area contributed by atoms with E-state index in [0.29, 0.717) is 25.6 Å². The minimum Gasteiger partial charge on any atom is -0.378 e. The summed E-state index contributed by atoms with van der Waals surface area (Å²) in [5, 5.41) is 0.0522. The second-order valence-electron chi connectivity index (χ2n) is 5.08. The Bertz CT molecular complexity index is 543. The van der Waals surface area contributed by atoms with Gasteiger partial charge in [0.1, 0.15) is 0 Å². The fourth-order valence-corrected chi connectivity index (χ4v) is 3.87. The standard InChI is InChI=1S/C12H17ClN2O3S/c1-12(2)9-18-6-5-15(12)19(16,17)11-4-3-10(7-13)8-14-11/h3-4,8H,5-7,9H2,1-2H3. The van der Waals surface area contributed by atoms with Gasteiger partial charge in [0.15, 0.2) is 5.03 Å². The van der Waals surface area contributed by atoms with E-state index in [-0.39, 0.29) is 5.03 Å². The molecule has 0 amide bonds. The van der Waals surface area contributed by atoms with Gasteiger partial charge in [-0.05, 0) is 25.5 Å². The Kier molecular flexibility index (Phi) is 4.15. The van der Waals surface area contributed by atoms with Crippen LogP contribution in [0.25, 0.3) is 0 Å². The monoisotopic (exact) mass is 304 g/mol. The van der Waals surface area contributed by atoms with Crippen LogP contribution in [0.1, 0.15) is 19.4 Å². The summed E-state index contributed by atoms with van der Waals surface area (Å²) in [4.78, 5) is 4.01. The minimum atomic E-state index is -3.60. The number of hydrogen-bond acceptors (Lipinski definition) is 4. The van der Waals surface area contributed by atoms with Crippen LogP contribution in [-0.2, 0) is 20.6 Å². The molecule has 1 saturated heterocycles. The molecule has 7 heteroatoms. The lowest BCUT2D eigenvalue weighted by atomic mass is 10.1. The van der Waals surface area contributed by atoms with Crippen molar-refractivity contribution in [1.29, 1.82) is 0 Å². The van der Waals surface area contributed by atoms with Gasteiger partial charge in [0, 0.05) is 18.6 Å². The number of morpholine rings is 1. The van der Waals surface area contributed by atoms with Crippen LogP contribution >= 0.6 is 11.6 Å². The van der Waals surface area contributed by atoms with Gasteiger partial charge in [-0.2, -0.15) is 4.31 Å². The second-order valence-corrected chi connectivity index (χ2v) is 7.16. The molecule has 1 aliphatic heterocycles. The molecule has 19 heavy (non-hydrogen) atoms. The average molecular weight is 305 g/mol. The first-order valence-electron chi connectivity index (χ1n) is 5.99. The highest BCUT2D eigenvalue weighted by Crippen LogP contribution is 2.26. The lowest BCUT2D eigenvalue weighted by molar-refractivity contribution is -0.00782. The van der Waals surface area contributed by atoms with E-state index in [2.05, 4.69) is 4.98 Å². The first-order valence-corrected chi connectivity index (χ1v) is 7.97. The molecule has 0 unspecified atom stereocenters. The lowest BCUT2D eigenvalue weighted by Gasteiger charge is -2.40. The molecule has 0 bridgehead atoms. The molecule has 1 aromatic rings. The summed E-state index contributed by atoms with van der Waals surface area (Å²) >= 11 is 5.67. The lowest BCUT2D eigenvalue weighted by Crippen LogP contribution is -2.55. The number of pyridine rings is 1. The van der Waals surface area contributed by atoms with E-state index < -0.39 is 15.6 Å². The van der Waals surface area contributed by atoms with Crippen LogP contribution in [0.5, 0.6) is 0 Å². The number of sulfonamides is 1. The van der Waals surface area contributed by atoms with Crippen LogP contribution in [-0.4, -0.2) is 43.0 Å². The van der Waals surface area contributed by atoms with Crippen LogP contribution in [0.2, 0.25) is 0 Å². The van der Waals surface area contributed by atoms with Crippen molar-refractivity contribution in [2.75, 3.05) is 19.8 Å². The van der Waals surface area contributed by atoms with Gasteiger partial charge >= 0.3 is 0 Å². The molecular formula is C12H17ClN2O3S. The Hall–Kier alpha value is -0.690. The zero-order valence-electron chi connectivity index (χ0n) is 11.0. The zero-order chi connectivity index (χ0) is 14.1. The molecule has 0 atom stereocenters. The summed E-state index contributed by atoms with van der Waals surface area (Å²) in [6.07, 6.45) is 1.49. The van der Waals surface area contributed by atoms with Gasteiger partial charge in [-0.25, -0.2) is 13.4 Å². The average Bonchev–Trinajstić information content (AvgIpc) is 2.38. The normalized spacial score (nSPS) is 20.4. The molecule has 0 aliphatic carbocycles. The molecule has 1 fully saturated rings. The maximum atomic E-state index is 12.6. The Morgan fingerprint density at radius 2 is 2.21 bits per heavy atom. The Balaban J connectivity index is 2.35. The van der Waals surface area contributed by atoms with Crippen molar-refractivity contribution in [3.8, 4) is 0 Å². The fourth-order valence-electron chi connectivity index (χ4n) is 2.05. The van der Waals surface area contributed by atoms with Crippen molar-refractivity contribution in [2.45, 2.75) is 30.3 Å². The summed E-state index contributed by atoms with van der Waals surface area (Å²) in [6.45, 7) is 4.82. The van der Waals surface area contributed by atoms with Crippen molar-refractivity contribution in [3.05, 3.63) is 23.9 Å². The predicted molar refractivity (Wildman–Crippen MR) is 72.6 cm³/mol. The van der Waals surface area contributed by atoms with Crippen molar-refractivity contribution in [3.63, 3.8) is 0 Å². The number of hydrogen-bond donors (Lipinski definition) is 0. The van der Waals surface area contributed by atoms with Crippen molar-refractivity contribution >= 4 is 21.6 Å². The van der Waals surface area contributed by atoms with Gasteiger partial charge in [0.2, 0.25) is 0 Å². The topological polar surface area (TPSA) is 59.5 Å². The van der Waals surface area contributed by atoms with Crippen molar-refractivity contribution in [2.24, 2.45) is 0 Å². The molecule has 5 nitrogen and oxygen atoms in total. The summed E-state index contributed by atoms with van der Waals surface area (Å²) in [7, 11) is -3.60. The molecule has 2 rings (SSSR count). The predicted octanol–water partition coefficient (Wildman–Crippen LogP) is 1.62. The minimum absolute atomic E-state index is 0.0522. The van der Waals surface area contributed by atoms with E-state index in [4.69, 9.17) is 16.3 Å². The number of alkyl halides is 1. The van der Waals surface area contributed by atoms with Gasteiger partial charge in [-0.1, -0.05) is 6.07 Å². The third-order valence-electron chi connectivity index (χ3n) is 3.08. The number of aromatic nitrogens is 1. The van der Waals surface area contributed by atoms with E-state index in [1.54, 1.807) is 6.07 Å². The van der Waals surface area contributed by atoms with Gasteiger partial charge in [0.25, 0.3) is 10.0 Å². The smallest absolute Gasteiger partial charge is 0.261 e. The van der Waals surface area contributed by atoms with E-state index in [9.17, 15) is 8.42 Å². The Morgan fingerprint density at radius 3 is 2.74 bits per heavy atom. The largest absolute Gasteiger partial charge is 0.378 e. The van der Waals surface area contributed by atoms with Crippen LogP contribution in [0, 0.1) is 0 Å². The fraction of sp³-hybridized carbons (Fsp3) is 0.583. The molecule has 0 radical (unpaired) electrons. The van der Waals surface area contributed by atoms with Gasteiger partial charge in [-0.3, -0.25) is 0 Å². The summed E-state index contributed by atoms with van der Waals surface area (Å²) < 4.78 is 31.9. The van der Waals surface area contributed by atoms with E-state index in [1.807, 2.05) is 13.8 Å². The molecule has 0 spiro atoms. The highest BCUT2D eigenvalue weighted by molar-refractivity contribution is 7.89. The van der Waals surface area contributed by atoms with Crippen LogP contribution in [0.15, 0.2) is 23.4 Å². The number of rotatable bonds is 3. The SMILES string of the molecule is CC1(C)COCCN1S(=O)(=O)c1ccc(CCl)cn1. The van der Waals surface area contributed by atoms with Crippen LogP contribution in [0.3, 0.4) is 0 Å². The first-order chi connectivity index (χ1) is 8.88. The zero-order valence-corrected chi connectivity index (χ0v) is 12.5. The first kappa shape index (κ1) is 14.7. The molecule has 0 aromatic carbocycles.